The van der Waals surface area contributed by atoms with Crippen molar-refractivity contribution in [1.29, 1.82) is 0 Å². The number of hydrogen-bond acceptors (Lipinski definition) is 4. The van der Waals surface area contributed by atoms with E-state index in [-0.39, 0.29) is 5.56 Å². The lowest BCUT2D eigenvalue weighted by atomic mass is 10.1. The molecule has 3 aromatic carbocycles. The van der Waals surface area contributed by atoms with Crippen molar-refractivity contribution in [3.05, 3.63) is 103 Å². The molecule has 5 nitrogen and oxygen atoms in total. The number of hydrogen-bond donors (Lipinski definition) is 0. The summed E-state index contributed by atoms with van der Waals surface area (Å²) in [7, 11) is 0. The number of benzene rings is 3. The van der Waals surface area contributed by atoms with E-state index >= 15 is 0 Å². The van der Waals surface area contributed by atoms with Gasteiger partial charge in [-0.2, -0.15) is 9.78 Å². The van der Waals surface area contributed by atoms with E-state index in [0.29, 0.717) is 46.1 Å². The minimum atomic E-state index is -0.217. The van der Waals surface area contributed by atoms with Crippen LogP contribution in [0.3, 0.4) is 0 Å². The summed E-state index contributed by atoms with van der Waals surface area (Å²) in [6, 6.07) is 19.0. The van der Waals surface area contributed by atoms with Crippen LogP contribution in [0.4, 0.5) is 0 Å². The Kier molecular flexibility index (Phi) is 7.26. The van der Waals surface area contributed by atoms with E-state index in [0.717, 1.165) is 16.5 Å². The third-order valence-electron chi connectivity index (χ3n) is 5.15. The van der Waals surface area contributed by atoms with E-state index in [2.05, 4.69) is 38.1 Å². The quantitative estimate of drug-likeness (QED) is 0.258. The molecule has 1 aromatic heterocycles. The second-order valence-corrected chi connectivity index (χ2v) is 9.11. The smallest absolute Gasteiger partial charge is 0.282 e. The highest BCUT2D eigenvalue weighted by molar-refractivity contribution is 9.10. The number of ether oxygens (including phenoxy) is 1. The molecule has 7 heteroatoms. The van der Waals surface area contributed by atoms with Gasteiger partial charge in [-0.25, -0.2) is 4.98 Å². The number of fused-ring (bicyclic) bond motifs is 1. The van der Waals surface area contributed by atoms with Gasteiger partial charge in [0, 0.05) is 21.5 Å². The summed E-state index contributed by atoms with van der Waals surface area (Å²) < 4.78 is 8.22. The molecule has 0 saturated carbocycles. The monoisotopic (exact) mass is 523 g/mol. The lowest BCUT2D eigenvalue weighted by Gasteiger charge is -2.11. The van der Waals surface area contributed by atoms with Crippen LogP contribution in [0.15, 0.2) is 75.0 Å². The van der Waals surface area contributed by atoms with Crippen molar-refractivity contribution in [3.8, 4) is 5.75 Å². The van der Waals surface area contributed by atoms with Gasteiger partial charge in [0.2, 0.25) is 0 Å². The van der Waals surface area contributed by atoms with Crippen LogP contribution in [-0.2, 0) is 13.0 Å². The average molecular weight is 525 g/mol. The molecule has 0 saturated heterocycles. The third-order valence-corrected chi connectivity index (χ3v) is 5.88. The van der Waals surface area contributed by atoms with E-state index in [9.17, 15) is 4.79 Å². The average Bonchev–Trinajstić information content (AvgIpc) is 2.80. The summed E-state index contributed by atoms with van der Waals surface area (Å²) in [5, 5.41) is 5.56. The first kappa shape index (κ1) is 23.2. The van der Waals surface area contributed by atoms with Crippen molar-refractivity contribution in [2.45, 2.75) is 33.3 Å². The lowest BCUT2D eigenvalue weighted by Crippen LogP contribution is -2.22. The summed E-state index contributed by atoms with van der Waals surface area (Å²) in [5.41, 5.74) is 3.37. The predicted octanol–water partition coefficient (Wildman–Crippen LogP) is 6.53. The van der Waals surface area contributed by atoms with E-state index in [1.54, 1.807) is 24.4 Å². The maximum Gasteiger partial charge on any atom is 0.282 e. The zero-order chi connectivity index (χ0) is 23.4. The van der Waals surface area contributed by atoms with Gasteiger partial charge in [-0.3, -0.25) is 4.79 Å². The van der Waals surface area contributed by atoms with Gasteiger partial charge in [0.15, 0.2) is 0 Å². The molecule has 0 bridgehead atoms. The highest BCUT2D eigenvalue weighted by atomic mass is 79.9. The fraction of sp³-hybridized carbons (Fsp3) is 0.192. The Labute approximate surface area is 205 Å². The first-order valence-corrected chi connectivity index (χ1v) is 11.8. The molecule has 0 unspecified atom stereocenters. The minimum absolute atomic E-state index is 0.217. The molecular weight excluding hydrogens is 502 g/mol. The van der Waals surface area contributed by atoms with Gasteiger partial charge < -0.3 is 4.74 Å². The Morgan fingerprint density at radius 3 is 2.67 bits per heavy atom. The molecule has 0 radical (unpaired) electrons. The van der Waals surface area contributed by atoms with Crippen molar-refractivity contribution < 1.29 is 4.74 Å². The number of nitrogens with zero attached hydrogens (tertiary/aromatic N) is 3. The van der Waals surface area contributed by atoms with E-state index in [4.69, 9.17) is 16.3 Å². The molecule has 0 spiro atoms. The zero-order valence-electron chi connectivity index (χ0n) is 18.4. The Bertz CT molecular complexity index is 1380. The van der Waals surface area contributed by atoms with Crippen molar-refractivity contribution in [2.24, 2.45) is 5.10 Å². The normalized spacial score (nSPS) is 11.4. The summed E-state index contributed by atoms with van der Waals surface area (Å²) in [6.07, 6.45) is 3.07. The van der Waals surface area contributed by atoms with Crippen LogP contribution in [0.1, 0.15) is 35.9 Å². The van der Waals surface area contributed by atoms with Crippen LogP contribution in [0.2, 0.25) is 5.02 Å². The molecular formula is C26H23BrClN3O2. The largest absolute Gasteiger partial charge is 0.488 e. The number of halogens is 2. The maximum absolute atomic E-state index is 13.2. The summed E-state index contributed by atoms with van der Waals surface area (Å²) >= 11 is 9.67. The fourth-order valence-electron chi connectivity index (χ4n) is 3.42. The first-order chi connectivity index (χ1) is 15.9. The Morgan fingerprint density at radius 1 is 1.12 bits per heavy atom. The van der Waals surface area contributed by atoms with Crippen molar-refractivity contribution in [1.82, 2.24) is 9.66 Å². The van der Waals surface area contributed by atoms with E-state index < -0.39 is 0 Å². The Hall–Kier alpha value is -2.96. The molecule has 33 heavy (non-hydrogen) atoms. The molecule has 0 aliphatic carbocycles. The van der Waals surface area contributed by atoms with Crippen molar-refractivity contribution in [3.63, 3.8) is 0 Å². The topological polar surface area (TPSA) is 56.5 Å². The maximum atomic E-state index is 13.2. The van der Waals surface area contributed by atoms with Crippen LogP contribution in [0.5, 0.6) is 5.75 Å². The van der Waals surface area contributed by atoms with Crippen LogP contribution >= 0.6 is 27.5 Å². The molecule has 0 N–H and O–H groups in total. The highest BCUT2D eigenvalue weighted by Crippen LogP contribution is 2.23. The Morgan fingerprint density at radius 2 is 1.91 bits per heavy atom. The van der Waals surface area contributed by atoms with Gasteiger partial charge in [-0.15, -0.1) is 0 Å². The van der Waals surface area contributed by atoms with Crippen molar-refractivity contribution >= 4 is 44.6 Å². The molecule has 1 heterocycles. The lowest BCUT2D eigenvalue weighted by molar-refractivity contribution is 0.306. The number of aromatic nitrogens is 2. The number of rotatable bonds is 7. The van der Waals surface area contributed by atoms with Gasteiger partial charge in [0.1, 0.15) is 18.2 Å². The SMILES string of the molecule is CCCc1nc2ccc(Br)cc2c(=O)n1N=Cc1cc(Cl)ccc1OCc1ccc(C)cc1. The second-order valence-electron chi connectivity index (χ2n) is 7.76. The third kappa shape index (κ3) is 5.52. The molecule has 4 aromatic rings. The van der Waals surface area contributed by atoms with Gasteiger partial charge in [-0.1, -0.05) is 64.3 Å². The molecule has 0 aliphatic heterocycles. The molecule has 0 aliphatic rings. The fourth-order valence-corrected chi connectivity index (χ4v) is 3.96. The summed E-state index contributed by atoms with van der Waals surface area (Å²) in [6.45, 7) is 4.50. The summed E-state index contributed by atoms with van der Waals surface area (Å²) in [5.74, 6) is 1.24. The second kappa shape index (κ2) is 10.3. The van der Waals surface area contributed by atoms with E-state index in [1.165, 1.54) is 10.2 Å². The highest BCUT2D eigenvalue weighted by Gasteiger charge is 2.11. The molecule has 168 valence electrons. The van der Waals surface area contributed by atoms with Crippen LogP contribution < -0.4 is 10.3 Å². The minimum Gasteiger partial charge on any atom is -0.488 e. The van der Waals surface area contributed by atoms with Gasteiger partial charge in [0.25, 0.3) is 5.56 Å². The van der Waals surface area contributed by atoms with Gasteiger partial charge in [0.05, 0.1) is 17.1 Å². The van der Waals surface area contributed by atoms with Crippen molar-refractivity contribution in [2.75, 3.05) is 0 Å². The molecule has 0 amide bonds. The van der Waals surface area contributed by atoms with Crippen LogP contribution in [-0.4, -0.2) is 15.9 Å². The molecule has 0 atom stereocenters. The molecule has 0 fully saturated rings. The summed E-state index contributed by atoms with van der Waals surface area (Å²) in [4.78, 5) is 17.9. The van der Waals surface area contributed by atoms with Gasteiger partial charge >= 0.3 is 0 Å². The van der Waals surface area contributed by atoms with Crippen LogP contribution in [0.25, 0.3) is 10.9 Å². The number of aryl methyl sites for hydroxylation is 2. The predicted molar refractivity (Wildman–Crippen MR) is 138 cm³/mol. The zero-order valence-corrected chi connectivity index (χ0v) is 20.7. The Balaban J connectivity index is 1.70. The first-order valence-electron chi connectivity index (χ1n) is 10.7. The van der Waals surface area contributed by atoms with Crippen LogP contribution in [0, 0.1) is 6.92 Å². The molecule has 4 rings (SSSR count). The van der Waals surface area contributed by atoms with E-state index in [1.807, 2.05) is 44.2 Å². The standard InChI is InChI=1S/C26H23BrClN3O2/c1-3-4-25-30-23-11-9-20(27)14-22(23)26(32)31(25)29-15-19-13-21(28)10-12-24(19)33-16-18-7-5-17(2)6-8-18/h5-15H,3-4,16H2,1-2H3. The van der Waals surface area contributed by atoms with Gasteiger partial charge in [-0.05, 0) is 55.3 Å².